The molecule has 5 heteroatoms. The average Bonchev–Trinajstić information content (AvgIpc) is 3.14. The largest absolute Gasteiger partial charge is 0.308 e. The molecule has 0 aliphatic carbocycles. The van der Waals surface area contributed by atoms with Gasteiger partial charge in [0.2, 0.25) is 0 Å². The normalized spacial score (nSPS) is 24.5. The minimum atomic E-state index is 0.601. The first-order chi connectivity index (χ1) is 9.93. The van der Waals surface area contributed by atoms with E-state index >= 15 is 0 Å². The van der Waals surface area contributed by atoms with E-state index in [1.807, 2.05) is 12.3 Å². The summed E-state index contributed by atoms with van der Waals surface area (Å²) in [5.74, 6) is 7.00. The van der Waals surface area contributed by atoms with E-state index in [-0.39, 0.29) is 0 Å². The van der Waals surface area contributed by atoms with Crippen molar-refractivity contribution in [3.8, 4) is 0 Å². The van der Waals surface area contributed by atoms with Crippen molar-refractivity contribution >= 4 is 34.7 Å². The number of thioether (sulfide) groups is 2. The van der Waals surface area contributed by atoms with Crippen LogP contribution in [0.5, 0.6) is 0 Å². The van der Waals surface area contributed by atoms with Gasteiger partial charge in [0.1, 0.15) is 11.3 Å². The highest BCUT2D eigenvalue weighted by molar-refractivity contribution is 7.99. The molecule has 0 amide bonds. The molecule has 1 unspecified atom stereocenters. The lowest BCUT2D eigenvalue weighted by atomic mass is 10.0. The Morgan fingerprint density at radius 3 is 2.75 bits per heavy atom. The summed E-state index contributed by atoms with van der Waals surface area (Å²) < 4.78 is 2.48. The second-order valence-corrected chi connectivity index (χ2v) is 7.96. The van der Waals surface area contributed by atoms with Gasteiger partial charge in [-0.25, -0.2) is 9.97 Å². The van der Waals surface area contributed by atoms with Gasteiger partial charge in [-0.05, 0) is 48.7 Å². The van der Waals surface area contributed by atoms with Crippen molar-refractivity contribution in [2.45, 2.75) is 31.2 Å². The molecule has 0 aromatic carbocycles. The highest BCUT2D eigenvalue weighted by Crippen LogP contribution is 2.37. The minimum Gasteiger partial charge on any atom is -0.308 e. The topological polar surface area (TPSA) is 30.7 Å². The van der Waals surface area contributed by atoms with Gasteiger partial charge in [0.05, 0.1) is 0 Å². The van der Waals surface area contributed by atoms with Gasteiger partial charge >= 0.3 is 0 Å². The summed E-state index contributed by atoms with van der Waals surface area (Å²) in [5.41, 5.74) is 2.19. The van der Waals surface area contributed by atoms with Crippen LogP contribution in [0.2, 0.25) is 0 Å². The molecule has 1 atom stereocenters. The highest BCUT2D eigenvalue weighted by atomic mass is 32.2. The van der Waals surface area contributed by atoms with E-state index < -0.39 is 0 Å². The predicted octanol–water partition coefficient (Wildman–Crippen LogP) is 3.72. The third-order valence-electron chi connectivity index (χ3n) is 4.33. The number of hydrogen-bond acceptors (Lipinski definition) is 4. The number of rotatable bonds is 2. The molecule has 20 heavy (non-hydrogen) atoms. The molecule has 3 nitrogen and oxygen atoms in total. The Balaban J connectivity index is 1.82. The number of nitrogens with zero attached hydrogens (tertiary/aromatic N) is 3. The van der Waals surface area contributed by atoms with Crippen LogP contribution >= 0.6 is 23.5 Å². The van der Waals surface area contributed by atoms with Gasteiger partial charge in [0.25, 0.3) is 0 Å². The van der Waals surface area contributed by atoms with Crippen LogP contribution in [0.25, 0.3) is 11.2 Å². The summed E-state index contributed by atoms with van der Waals surface area (Å²) in [4.78, 5) is 9.59. The van der Waals surface area contributed by atoms with Crippen molar-refractivity contribution < 1.29 is 0 Å². The number of hydrogen-bond donors (Lipinski definition) is 0. The average molecular weight is 305 g/mol. The fourth-order valence-electron chi connectivity index (χ4n) is 3.28. The first-order valence-electron chi connectivity index (χ1n) is 7.42. The van der Waals surface area contributed by atoms with Crippen molar-refractivity contribution in [1.82, 2.24) is 14.5 Å². The zero-order valence-corrected chi connectivity index (χ0v) is 13.1. The van der Waals surface area contributed by atoms with Gasteiger partial charge in [0.15, 0.2) is 5.65 Å². The smallest absolute Gasteiger partial charge is 0.160 e. The van der Waals surface area contributed by atoms with Gasteiger partial charge in [0, 0.05) is 23.9 Å². The fraction of sp³-hybridized carbons (Fsp3) is 0.600. The van der Waals surface area contributed by atoms with Crippen molar-refractivity contribution in [2.75, 3.05) is 23.0 Å². The molecule has 2 aromatic rings. The van der Waals surface area contributed by atoms with E-state index in [1.54, 1.807) is 0 Å². The van der Waals surface area contributed by atoms with Crippen molar-refractivity contribution in [3.63, 3.8) is 0 Å². The molecule has 0 spiro atoms. The van der Waals surface area contributed by atoms with Crippen LogP contribution in [-0.4, -0.2) is 37.5 Å². The molecule has 0 N–H and O–H groups in total. The Hall–Kier alpha value is -0.680. The molecule has 2 fully saturated rings. The standard InChI is InChI=1S/C15H19N3S2/c1-2-13-15(16-6-1)18(12-5-9-20-10-12)14(17-13)11-3-7-19-8-4-11/h1-2,6,11-12H,3-5,7-10H2. The molecule has 2 aliphatic heterocycles. The summed E-state index contributed by atoms with van der Waals surface area (Å²) >= 11 is 4.15. The van der Waals surface area contributed by atoms with E-state index in [2.05, 4.69) is 39.1 Å². The van der Waals surface area contributed by atoms with Crippen LogP contribution in [0.15, 0.2) is 18.3 Å². The lowest BCUT2D eigenvalue weighted by Crippen LogP contribution is -2.18. The Kier molecular flexibility index (Phi) is 3.65. The third kappa shape index (κ3) is 2.25. The SMILES string of the molecule is c1cnc2c(c1)nc(C1CCSCC1)n2C1CCSC1. The maximum absolute atomic E-state index is 4.96. The molecule has 2 aromatic heterocycles. The zero-order chi connectivity index (χ0) is 13.4. The van der Waals surface area contributed by atoms with Crippen LogP contribution in [0.4, 0.5) is 0 Å². The lowest BCUT2D eigenvalue weighted by molar-refractivity contribution is 0.496. The Morgan fingerprint density at radius 1 is 1.10 bits per heavy atom. The Morgan fingerprint density at radius 2 is 1.95 bits per heavy atom. The molecule has 4 rings (SSSR count). The quantitative estimate of drug-likeness (QED) is 0.846. The number of fused-ring (bicyclic) bond motifs is 1. The zero-order valence-electron chi connectivity index (χ0n) is 11.5. The highest BCUT2D eigenvalue weighted by Gasteiger charge is 2.28. The molecule has 106 valence electrons. The van der Waals surface area contributed by atoms with Gasteiger partial charge in [-0.1, -0.05) is 0 Å². The maximum atomic E-state index is 4.96. The molecule has 2 aliphatic rings. The molecular formula is C15H19N3S2. The first kappa shape index (κ1) is 13.0. The number of aromatic nitrogens is 3. The summed E-state index contributed by atoms with van der Waals surface area (Å²) in [6.45, 7) is 0. The molecule has 4 heterocycles. The van der Waals surface area contributed by atoms with E-state index in [1.165, 1.54) is 48.1 Å². The second kappa shape index (κ2) is 5.60. The molecular weight excluding hydrogens is 286 g/mol. The van der Waals surface area contributed by atoms with Crippen LogP contribution in [0.3, 0.4) is 0 Å². The summed E-state index contributed by atoms with van der Waals surface area (Å²) in [6, 6.07) is 4.72. The summed E-state index contributed by atoms with van der Waals surface area (Å²) in [6.07, 6.45) is 5.71. The van der Waals surface area contributed by atoms with Crippen LogP contribution in [-0.2, 0) is 0 Å². The van der Waals surface area contributed by atoms with Crippen molar-refractivity contribution in [2.24, 2.45) is 0 Å². The molecule has 2 saturated heterocycles. The lowest BCUT2D eigenvalue weighted by Gasteiger charge is -2.24. The monoisotopic (exact) mass is 305 g/mol. The van der Waals surface area contributed by atoms with Gasteiger partial charge in [-0.15, -0.1) is 0 Å². The van der Waals surface area contributed by atoms with Crippen molar-refractivity contribution in [1.29, 1.82) is 0 Å². The van der Waals surface area contributed by atoms with Gasteiger partial charge in [-0.3, -0.25) is 0 Å². The maximum Gasteiger partial charge on any atom is 0.160 e. The second-order valence-electron chi connectivity index (χ2n) is 5.59. The van der Waals surface area contributed by atoms with Crippen molar-refractivity contribution in [3.05, 3.63) is 24.2 Å². The molecule has 0 saturated carbocycles. The van der Waals surface area contributed by atoms with E-state index in [0.29, 0.717) is 12.0 Å². The summed E-state index contributed by atoms with van der Waals surface area (Å²) in [5, 5.41) is 0. The minimum absolute atomic E-state index is 0.601. The fourth-order valence-corrected chi connectivity index (χ4v) is 5.58. The Labute approximate surface area is 127 Å². The van der Waals surface area contributed by atoms with Crippen LogP contribution in [0.1, 0.15) is 37.0 Å². The van der Waals surface area contributed by atoms with Gasteiger partial charge in [-0.2, -0.15) is 23.5 Å². The van der Waals surface area contributed by atoms with E-state index in [4.69, 9.17) is 4.98 Å². The van der Waals surface area contributed by atoms with Gasteiger partial charge < -0.3 is 4.57 Å². The van der Waals surface area contributed by atoms with E-state index in [0.717, 1.165) is 11.2 Å². The van der Waals surface area contributed by atoms with Crippen LogP contribution in [0, 0.1) is 0 Å². The number of pyridine rings is 1. The Bertz CT molecular complexity index is 598. The number of imidazole rings is 1. The van der Waals surface area contributed by atoms with Crippen LogP contribution < -0.4 is 0 Å². The summed E-state index contributed by atoms with van der Waals surface area (Å²) in [7, 11) is 0. The molecule has 0 radical (unpaired) electrons. The third-order valence-corrected chi connectivity index (χ3v) is 6.53. The molecule has 0 bridgehead atoms. The predicted molar refractivity (Wildman–Crippen MR) is 87.8 cm³/mol. The van der Waals surface area contributed by atoms with E-state index in [9.17, 15) is 0 Å². The first-order valence-corrected chi connectivity index (χ1v) is 9.73.